The van der Waals surface area contributed by atoms with Crippen LogP contribution in [0.4, 0.5) is 10.1 Å². The third-order valence-electron chi connectivity index (χ3n) is 2.79. The van der Waals surface area contributed by atoms with Crippen LogP contribution in [0.1, 0.15) is 30.1 Å². The first-order valence-electron chi connectivity index (χ1n) is 6.57. The van der Waals surface area contributed by atoms with Crippen molar-refractivity contribution in [2.45, 2.75) is 25.8 Å². The summed E-state index contributed by atoms with van der Waals surface area (Å²) in [7, 11) is 0. The zero-order chi connectivity index (χ0) is 16.7. The van der Waals surface area contributed by atoms with Gasteiger partial charge in [0.15, 0.2) is 0 Å². The van der Waals surface area contributed by atoms with Crippen molar-refractivity contribution < 1.29 is 23.9 Å². The van der Waals surface area contributed by atoms with Gasteiger partial charge in [-0.15, -0.1) is 6.58 Å². The van der Waals surface area contributed by atoms with E-state index in [1.807, 2.05) is 0 Å². The van der Waals surface area contributed by atoms with Crippen molar-refractivity contribution in [3.05, 3.63) is 42.2 Å². The van der Waals surface area contributed by atoms with Crippen LogP contribution in [-0.2, 0) is 9.59 Å². The Hall–Kier alpha value is -2.70. The Morgan fingerprint density at radius 2 is 2.09 bits per heavy atom. The maximum atomic E-state index is 13.7. The number of aliphatic carboxylic acids is 1. The van der Waals surface area contributed by atoms with Gasteiger partial charge in [-0.1, -0.05) is 6.08 Å². The van der Waals surface area contributed by atoms with E-state index in [0.29, 0.717) is 6.42 Å². The van der Waals surface area contributed by atoms with E-state index < -0.39 is 23.7 Å². The second-order valence-corrected chi connectivity index (χ2v) is 4.61. The average molecular weight is 308 g/mol. The predicted octanol–water partition coefficient (Wildman–Crippen LogP) is 1.93. The number of carboxylic acids is 1. The van der Waals surface area contributed by atoms with Gasteiger partial charge >= 0.3 is 5.97 Å². The molecule has 0 aliphatic carbocycles. The van der Waals surface area contributed by atoms with Crippen molar-refractivity contribution >= 4 is 23.5 Å². The third-order valence-corrected chi connectivity index (χ3v) is 2.79. The van der Waals surface area contributed by atoms with Gasteiger partial charge in [-0.05, 0) is 31.0 Å². The molecule has 3 N–H and O–H groups in total. The van der Waals surface area contributed by atoms with Gasteiger partial charge in [0.05, 0.1) is 5.56 Å². The number of carboxylic acid groups (broad SMARTS) is 1. The molecule has 0 saturated heterocycles. The lowest BCUT2D eigenvalue weighted by Crippen LogP contribution is -2.41. The molecule has 0 aliphatic heterocycles. The predicted molar refractivity (Wildman–Crippen MR) is 79.0 cm³/mol. The van der Waals surface area contributed by atoms with Gasteiger partial charge in [0.1, 0.15) is 11.9 Å². The summed E-state index contributed by atoms with van der Waals surface area (Å²) < 4.78 is 13.7. The summed E-state index contributed by atoms with van der Waals surface area (Å²) in [5, 5.41) is 13.7. The molecule has 22 heavy (non-hydrogen) atoms. The minimum absolute atomic E-state index is 0.150. The van der Waals surface area contributed by atoms with Gasteiger partial charge in [-0.25, -0.2) is 9.18 Å². The lowest BCUT2D eigenvalue weighted by Gasteiger charge is -2.14. The molecule has 0 radical (unpaired) electrons. The van der Waals surface area contributed by atoms with Crippen LogP contribution in [0.25, 0.3) is 0 Å². The monoisotopic (exact) mass is 308 g/mol. The number of halogens is 1. The topological polar surface area (TPSA) is 95.5 Å². The molecule has 0 spiro atoms. The van der Waals surface area contributed by atoms with Crippen molar-refractivity contribution in [2.24, 2.45) is 0 Å². The lowest BCUT2D eigenvalue weighted by atomic mass is 10.1. The Balaban J connectivity index is 2.93. The standard InChI is InChI=1S/C15H17FN2O4/c1-3-4-5-13(15(21)22)18-14(20)11-8-10(17-9(2)19)6-7-12(11)16/h3,6-8,13H,1,4-5H2,2H3,(H,17,19)(H,18,20)(H,21,22). The minimum Gasteiger partial charge on any atom is -0.480 e. The molecule has 0 aliphatic rings. The maximum absolute atomic E-state index is 13.7. The van der Waals surface area contributed by atoms with Crippen molar-refractivity contribution in [3.63, 3.8) is 0 Å². The molecule has 0 bridgehead atoms. The number of carbonyl (C=O) groups is 3. The summed E-state index contributed by atoms with van der Waals surface area (Å²) in [5.41, 5.74) is -0.0897. The summed E-state index contributed by atoms with van der Waals surface area (Å²) in [4.78, 5) is 34.1. The average Bonchev–Trinajstić information content (AvgIpc) is 2.44. The summed E-state index contributed by atoms with van der Waals surface area (Å²) in [6.07, 6.45) is 2.07. The third kappa shape index (κ3) is 5.01. The molecule has 1 unspecified atom stereocenters. The molecule has 0 aromatic heterocycles. The second-order valence-electron chi connectivity index (χ2n) is 4.61. The molecule has 1 aromatic rings. The van der Waals surface area contributed by atoms with Crippen molar-refractivity contribution in [1.82, 2.24) is 5.32 Å². The van der Waals surface area contributed by atoms with Crippen molar-refractivity contribution in [2.75, 3.05) is 5.32 Å². The molecular formula is C15H17FN2O4. The second kappa shape index (κ2) is 7.92. The number of nitrogens with one attached hydrogen (secondary N) is 2. The van der Waals surface area contributed by atoms with Crippen LogP contribution in [0.5, 0.6) is 0 Å². The van der Waals surface area contributed by atoms with Crippen LogP contribution in [0.3, 0.4) is 0 Å². The summed E-state index contributed by atoms with van der Waals surface area (Å²) in [6, 6.07) is 2.34. The number of hydrogen-bond donors (Lipinski definition) is 3. The van der Waals surface area contributed by atoms with E-state index in [2.05, 4.69) is 17.2 Å². The van der Waals surface area contributed by atoms with Gasteiger partial charge in [-0.3, -0.25) is 9.59 Å². The number of rotatable bonds is 7. The Bertz CT molecular complexity index is 601. The lowest BCUT2D eigenvalue weighted by molar-refractivity contribution is -0.139. The van der Waals surface area contributed by atoms with E-state index >= 15 is 0 Å². The fraction of sp³-hybridized carbons (Fsp3) is 0.267. The number of anilines is 1. The van der Waals surface area contributed by atoms with Crippen LogP contribution in [0, 0.1) is 5.82 Å². The number of hydrogen-bond acceptors (Lipinski definition) is 3. The highest BCUT2D eigenvalue weighted by atomic mass is 19.1. The Morgan fingerprint density at radius 1 is 1.41 bits per heavy atom. The molecule has 118 valence electrons. The molecule has 7 heteroatoms. The number of carbonyl (C=O) groups excluding carboxylic acids is 2. The Labute approximate surface area is 127 Å². The van der Waals surface area contributed by atoms with E-state index in [1.165, 1.54) is 19.1 Å². The normalized spacial score (nSPS) is 11.4. The first kappa shape index (κ1) is 17.4. The smallest absolute Gasteiger partial charge is 0.326 e. The molecule has 6 nitrogen and oxygen atoms in total. The largest absolute Gasteiger partial charge is 0.480 e. The minimum atomic E-state index is -1.21. The molecule has 1 aromatic carbocycles. The van der Waals surface area contributed by atoms with Crippen LogP contribution in [-0.4, -0.2) is 28.9 Å². The van der Waals surface area contributed by atoms with E-state index in [-0.39, 0.29) is 23.6 Å². The summed E-state index contributed by atoms with van der Waals surface area (Å²) in [5.74, 6) is -3.25. The number of allylic oxidation sites excluding steroid dienone is 1. The summed E-state index contributed by atoms with van der Waals surface area (Å²) >= 11 is 0. The van der Waals surface area contributed by atoms with E-state index in [0.717, 1.165) is 12.1 Å². The van der Waals surface area contributed by atoms with E-state index in [1.54, 1.807) is 0 Å². The first-order chi connectivity index (χ1) is 10.3. The molecule has 0 heterocycles. The highest BCUT2D eigenvalue weighted by molar-refractivity contribution is 5.98. The van der Waals surface area contributed by atoms with Gasteiger partial charge in [0.2, 0.25) is 5.91 Å². The Morgan fingerprint density at radius 3 is 2.64 bits per heavy atom. The number of benzene rings is 1. The van der Waals surface area contributed by atoms with Crippen LogP contribution < -0.4 is 10.6 Å². The van der Waals surface area contributed by atoms with Gasteiger partial charge < -0.3 is 15.7 Å². The SMILES string of the molecule is C=CCCC(NC(=O)c1cc(NC(C)=O)ccc1F)C(=O)O. The van der Waals surface area contributed by atoms with Crippen LogP contribution in [0.15, 0.2) is 30.9 Å². The van der Waals surface area contributed by atoms with Crippen molar-refractivity contribution in [3.8, 4) is 0 Å². The van der Waals surface area contributed by atoms with E-state index in [4.69, 9.17) is 5.11 Å². The summed E-state index contributed by atoms with van der Waals surface area (Å²) in [6.45, 7) is 4.75. The van der Waals surface area contributed by atoms with Gasteiger partial charge in [0.25, 0.3) is 5.91 Å². The van der Waals surface area contributed by atoms with Crippen LogP contribution >= 0.6 is 0 Å². The van der Waals surface area contributed by atoms with E-state index in [9.17, 15) is 18.8 Å². The molecule has 0 saturated carbocycles. The molecule has 0 fully saturated rings. The zero-order valence-electron chi connectivity index (χ0n) is 12.1. The maximum Gasteiger partial charge on any atom is 0.326 e. The molecule has 1 rings (SSSR count). The highest BCUT2D eigenvalue weighted by Gasteiger charge is 2.22. The molecular weight excluding hydrogens is 291 g/mol. The fourth-order valence-corrected chi connectivity index (χ4v) is 1.76. The molecule has 1 atom stereocenters. The van der Waals surface area contributed by atoms with Crippen LogP contribution in [0.2, 0.25) is 0 Å². The quantitative estimate of drug-likeness (QED) is 0.671. The Kier molecular flexibility index (Phi) is 6.25. The zero-order valence-corrected chi connectivity index (χ0v) is 12.1. The van der Waals surface area contributed by atoms with Gasteiger partial charge in [-0.2, -0.15) is 0 Å². The van der Waals surface area contributed by atoms with Crippen molar-refractivity contribution in [1.29, 1.82) is 0 Å². The first-order valence-corrected chi connectivity index (χ1v) is 6.57. The fourth-order valence-electron chi connectivity index (χ4n) is 1.76. The highest BCUT2D eigenvalue weighted by Crippen LogP contribution is 2.15. The number of amides is 2. The van der Waals surface area contributed by atoms with Gasteiger partial charge in [0, 0.05) is 12.6 Å². The molecule has 2 amide bonds.